The molecule has 0 saturated heterocycles. The molecule has 0 aromatic carbocycles. The van der Waals surface area contributed by atoms with Crippen molar-refractivity contribution in [2.45, 2.75) is 12.8 Å². The van der Waals surface area contributed by atoms with Gasteiger partial charge in [0, 0.05) is 36.9 Å². The zero-order valence-electron chi connectivity index (χ0n) is 10.8. The molecule has 3 heterocycles. The number of amides is 1. The van der Waals surface area contributed by atoms with Gasteiger partial charge in [0.2, 0.25) is 0 Å². The Balaban J connectivity index is 1.53. The first-order valence-electron chi connectivity index (χ1n) is 6.43. The molecular weight excluding hydrogens is 272 g/mol. The molecule has 0 spiro atoms. The number of rotatable bonds is 5. The van der Waals surface area contributed by atoms with Crippen LogP contribution >= 0.6 is 11.3 Å². The monoisotopic (exact) mass is 286 g/mol. The van der Waals surface area contributed by atoms with E-state index in [1.807, 2.05) is 34.2 Å². The average Bonchev–Trinajstić information content (AvgIpc) is 3.12. The highest BCUT2D eigenvalue weighted by molar-refractivity contribution is 7.09. The smallest absolute Gasteiger partial charge is 0.271 e. The van der Waals surface area contributed by atoms with E-state index in [9.17, 15) is 4.79 Å². The van der Waals surface area contributed by atoms with E-state index in [2.05, 4.69) is 15.3 Å². The van der Waals surface area contributed by atoms with Crippen LogP contribution < -0.4 is 5.32 Å². The van der Waals surface area contributed by atoms with Crippen molar-refractivity contribution < 1.29 is 4.79 Å². The summed E-state index contributed by atoms with van der Waals surface area (Å²) in [6.45, 7) is 0.631. The predicted octanol–water partition coefficient (Wildman–Crippen LogP) is 2.15. The lowest BCUT2D eigenvalue weighted by Crippen LogP contribution is -2.25. The van der Waals surface area contributed by atoms with Crippen LogP contribution in [0, 0.1) is 0 Å². The number of hydrogen-bond donors (Lipinski definition) is 1. The minimum Gasteiger partial charge on any atom is -0.351 e. The van der Waals surface area contributed by atoms with Crippen LogP contribution in [0.3, 0.4) is 0 Å². The number of fused-ring (bicyclic) bond motifs is 1. The number of carbonyl (C=O) groups is 1. The fourth-order valence-electron chi connectivity index (χ4n) is 1.95. The van der Waals surface area contributed by atoms with E-state index in [4.69, 9.17) is 0 Å². The Labute approximate surface area is 120 Å². The summed E-state index contributed by atoms with van der Waals surface area (Å²) in [6, 6.07) is 5.68. The zero-order valence-corrected chi connectivity index (χ0v) is 11.6. The highest BCUT2D eigenvalue weighted by Gasteiger charge is 2.09. The Morgan fingerprint density at radius 2 is 2.35 bits per heavy atom. The molecule has 20 heavy (non-hydrogen) atoms. The van der Waals surface area contributed by atoms with Crippen LogP contribution in [0.15, 0.2) is 42.2 Å². The van der Waals surface area contributed by atoms with Gasteiger partial charge in [-0.3, -0.25) is 4.79 Å². The lowest BCUT2D eigenvalue weighted by Gasteiger charge is -2.01. The van der Waals surface area contributed by atoms with Crippen LogP contribution in [0.25, 0.3) is 5.65 Å². The molecule has 0 aliphatic heterocycles. The minimum absolute atomic E-state index is 0.132. The topological polar surface area (TPSA) is 59.3 Å². The molecule has 1 amide bonds. The second kappa shape index (κ2) is 5.83. The van der Waals surface area contributed by atoms with Gasteiger partial charge in [-0.15, -0.1) is 11.3 Å². The fraction of sp³-hybridized carbons (Fsp3) is 0.214. The summed E-state index contributed by atoms with van der Waals surface area (Å²) in [4.78, 5) is 20.5. The zero-order chi connectivity index (χ0) is 13.8. The summed E-state index contributed by atoms with van der Waals surface area (Å²) in [5, 5.41) is 5.95. The third-order valence-corrected chi connectivity index (χ3v) is 3.77. The quantitative estimate of drug-likeness (QED) is 0.731. The van der Waals surface area contributed by atoms with E-state index in [-0.39, 0.29) is 5.91 Å². The van der Waals surface area contributed by atoms with Gasteiger partial charge in [0.15, 0.2) is 0 Å². The molecule has 0 aliphatic carbocycles. The molecule has 0 atom stereocenters. The maximum Gasteiger partial charge on any atom is 0.271 e. The second-order valence-electron chi connectivity index (χ2n) is 4.38. The van der Waals surface area contributed by atoms with Crippen molar-refractivity contribution in [1.29, 1.82) is 0 Å². The van der Waals surface area contributed by atoms with E-state index in [0.29, 0.717) is 12.2 Å². The number of pyridine rings is 1. The molecule has 5 nitrogen and oxygen atoms in total. The summed E-state index contributed by atoms with van der Waals surface area (Å²) in [7, 11) is 0. The van der Waals surface area contributed by atoms with Crippen LogP contribution in [-0.4, -0.2) is 26.8 Å². The van der Waals surface area contributed by atoms with Crippen LogP contribution in [0.1, 0.15) is 21.9 Å². The SMILES string of the molecule is O=C(NCCCc1nccs1)c1cn2ccccc2n1. The van der Waals surface area contributed by atoms with E-state index in [0.717, 1.165) is 23.5 Å². The van der Waals surface area contributed by atoms with E-state index >= 15 is 0 Å². The van der Waals surface area contributed by atoms with Gasteiger partial charge >= 0.3 is 0 Å². The molecule has 0 aliphatic rings. The highest BCUT2D eigenvalue weighted by atomic mass is 32.1. The molecule has 3 aromatic rings. The van der Waals surface area contributed by atoms with Crippen molar-refractivity contribution in [3.63, 3.8) is 0 Å². The Hall–Kier alpha value is -2.21. The van der Waals surface area contributed by atoms with Gasteiger partial charge in [0.1, 0.15) is 11.3 Å². The molecule has 1 N–H and O–H groups in total. The van der Waals surface area contributed by atoms with Gasteiger partial charge in [-0.1, -0.05) is 6.07 Å². The summed E-state index contributed by atoms with van der Waals surface area (Å²) in [6.07, 6.45) is 7.19. The van der Waals surface area contributed by atoms with Gasteiger partial charge in [-0.05, 0) is 18.6 Å². The van der Waals surface area contributed by atoms with Crippen LogP contribution in [0.5, 0.6) is 0 Å². The number of nitrogens with one attached hydrogen (secondary N) is 1. The van der Waals surface area contributed by atoms with Crippen molar-refractivity contribution in [1.82, 2.24) is 19.7 Å². The normalized spacial score (nSPS) is 10.8. The standard InChI is InChI=1S/C14H14N4OS/c19-14(16-6-3-5-13-15-7-9-20-13)11-10-18-8-2-1-4-12(18)17-11/h1-2,4,7-10H,3,5-6H2,(H,16,19). The minimum atomic E-state index is -0.132. The summed E-state index contributed by atoms with van der Waals surface area (Å²) >= 11 is 1.64. The Morgan fingerprint density at radius 1 is 1.40 bits per heavy atom. The first-order chi connectivity index (χ1) is 9.83. The molecule has 0 unspecified atom stereocenters. The molecule has 0 radical (unpaired) electrons. The molecule has 3 rings (SSSR count). The maximum atomic E-state index is 12.0. The highest BCUT2D eigenvalue weighted by Crippen LogP contribution is 2.07. The van der Waals surface area contributed by atoms with Gasteiger partial charge < -0.3 is 9.72 Å². The van der Waals surface area contributed by atoms with E-state index < -0.39 is 0 Å². The Bertz CT molecular complexity index is 672. The summed E-state index contributed by atoms with van der Waals surface area (Å²) < 4.78 is 1.84. The van der Waals surface area contributed by atoms with Crippen molar-refractivity contribution >= 4 is 22.9 Å². The third-order valence-electron chi connectivity index (χ3n) is 2.93. The number of imidazole rings is 1. The van der Waals surface area contributed by atoms with Crippen molar-refractivity contribution in [3.05, 3.63) is 52.9 Å². The molecule has 0 saturated carbocycles. The number of aromatic nitrogens is 3. The number of nitrogens with zero attached hydrogens (tertiary/aromatic N) is 3. The average molecular weight is 286 g/mol. The Kier molecular flexibility index (Phi) is 3.73. The summed E-state index contributed by atoms with van der Waals surface area (Å²) in [5.41, 5.74) is 1.23. The summed E-state index contributed by atoms with van der Waals surface area (Å²) in [5.74, 6) is -0.132. The molecule has 3 aromatic heterocycles. The van der Waals surface area contributed by atoms with Crippen LogP contribution in [0.2, 0.25) is 0 Å². The first kappa shape index (κ1) is 12.8. The lowest BCUT2D eigenvalue weighted by atomic mass is 10.3. The van der Waals surface area contributed by atoms with Gasteiger partial charge in [0.05, 0.1) is 5.01 Å². The number of aryl methyl sites for hydroxylation is 1. The van der Waals surface area contributed by atoms with Crippen molar-refractivity contribution in [2.75, 3.05) is 6.54 Å². The molecule has 0 bridgehead atoms. The molecule has 102 valence electrons. The molecular formula is C14H14N4OS. The van der Waals surface area contributed by atoms with Gasteiger partial charge in [-0.25, -0.2) is 9.97 Å². The number of hydrogen-bond acceptors (Lipinski definition) is 4. The maximum absolute atomic E-state index is 12.0. The fourth-order valence-corrected chi connectivity index (χ4v) is 2.62. The van der Waals surface area contributed by atoms with Crippen molar-refractivity contribution in [2.24, 2.45) is 0 Å². The molecule has 6 heteroatoms. The second-order valence-corrected chi connectivity index (χ2v) is 5.36. The molecule has 0 fully saturated rings. The van der Waals surface area contributed by atoms with Crippen molar-refractivity contribution in [3.8, 4) is 0 Å². The van der Waals surface area contributed by atoms with E-state index in [1.54, 1.807) is 23.7 Å². The number of carbonyl (C=O) groups excluding carboxylic acids is 1. The lowest BCUT2D eigenvalue weighted by molar-refractivity contribution is 0.0949. The predicted molar refractivity (Wildman–Crippen MR) is 78.0 cm³/mol. The Morgan fingerprint density at radius 3 is 3.15 bits per heavy atom. The third kappa shape index (κ3) is 2.85. The van der Waals surface area contributed by atoms with E-state index in [1.165, 1.54) is 0 Å². The number of thiazole rings is 1. The van der Waals surface area contributed by atoms with Gasteiger partial charge in [0.25, 0.3) is 5.91 Å². The largest absolute Gasteiger partial charge is 0.351 e. The van der Waals surface area contributed by atoms with Gasteiger partial charge in [-0.2, -0.15) is 0 Å². The van der Waals surface area contributed by atoms with Crippen LogP contribution in [0.4, 0.5) is 0 Å². The van der Waals surface area contributed by atoms with Crippen LogP contribution in [-0.2, 0) is 6.42 Å². The first-order valence-corrected chi connectivity index (χ1v) is 7.31.